The molecule has 1 amide bonds. The summed E-state index contributed by atoms with van der Waals surface area (Å²) in [6, 6.07) is 19.3. The summed E-state index contributed by atoms with van der Waals surface area (Å²) in [5.74, 6) is 0.888. The van der Waals surface area contributed by atoms with E-state index in [9.17, 15) is 4.79 Å². The van der Waals surface area contributed by atoms with Crippen LogP contribution in [0.5, 0.6) is 5.75 Å². The number of piperazine rings is 1. The molecule has 0 unspecified atom stereocenters. The summed E-state index contributed by atoms with van der Waals surface area (Å²) in [4.78, 5) is 26.0. The van der Waals surface area contributed by atoms with Gasteiger partial charge in [-0.1, -0.05) is 30.3 Å². The second-order valence-electron chi connectivity index (χ2n) is 6.71. The van der Waals surface area contributed by atoms with Gasteiger partial charge in [-0.3, -0.25) is 4.79 Å². The number of anilines is 3. The minimum absolute atomic E-state index is 0.291. The van der Waals surface area contributed by atoms with Crippen LogP contribution in [-0.2, 0) is 0 Å². The number of ether oxygens (including phenoxy) is 1. The zero-order valence-corrected chi connectivity index (χ0v) is 16.3. The molecule has 1 fully saturated rings. The minimum Gasteiger partial charge on any atom is -0.495 e. The minimum atomic E-state index is -0.291. The van der Waals surface area contributed by atoms with Gasteiger partial charge in [0.1, 0.15) is 11.4 Å². The first-order valence-corrected chi connectivity index (χ1v) is 9.57. The normalized spacial score (nSPS) is 13.8. The fourth-order valence-corrected chi connectivity index (χ4v) is 3.36. The van der Waals surface area contributed by atoms with Crippen LogP contribution in [0.15, 0.2) is 66.9 Å². The lowest BCUT2D eigenvalue weighted by Gasteiger charge is -2.36. The Hall–Kier alpha value is -3.61. The van der Waals surface area contributed by atoms with Crippen molar-refractivity contribution in [1.29, 1.82) is 0 Å². The van der Waals surface area contributed by atoms with Crippen molar-refractivity contribution in [2.45, 2.75) is 0 Å². The molecule has 3 aromatic rings. The van der Waals surface area contributed by atoms with E-state index in [4.69, 9.17) is 4.74 Å². The van der Waals surface area contributed by atoms with Gasteiger partial charge in [0.15, 0.2) is 0 Å². The summed E-state index contributed by atoms with van der Waals surface area (Å²) in [5.41, 5.74) is 2.15. The van der Waals surface area contributed by atoms with Crippen molar-refractivity contribution >= 4 is 23.2 Å². The fourth-order valence-electron chi connectivity index (χ4n) is 3.36. The maximum absolute atomic E-state index is 12.7. The van der Waals surface area contributed by atoms with Crippen molar-refractivity contribution in [1.82, 2.24) is 9.97 Å². The lowest BCUT2D eigenvalue weighted by Crippen LogP contribution is -2.47. The average molecular weight is 389 g/mol. The number of amides is 1. The van der Waals surface area contributed by atoms with E-state index in [0.29, 0.717) is 23.1 Å². The first kappa shape index (κ1) is 18.7. The molecule has 29 heavy (non-hydrogen) atoms. The molecule has 7 heteroatoms. The topological polar surface area (TPSA) is 70.6 Å². The van der Waals surface area contributed by atoms with E-state index in [-0.39, 0.29) is 5.91 Å². The standard InChI is InChI=1S/C22H23N5O2/c1-29-20-10-6-5-9-18(20)24-21(28)19-11-12-23-22(25-19)27-15-13-26(14-16-27)17-7-3-2-4-8-17/h2-12H,13-16H2,1H3,(H,24,28). The molecule has 1 aliphatic heterocycles. The average Bonchev–Trinajstić information content (AvgIpc) is 2.80. The van der Waals surface area contributed by atoms with Crippen molar-refractivity contribution in [3.05, 3.63) is 72.6 Å². The van der Waals surface area contributed by atoms with E-state index in [1.165, 1.54) is 5.69 Å². The number of carbonyl (C=O) groups excluding carboxylic acids is 1. The van der Waals surface area contributed by atoms with Crippen LogP contribution >= 0.6 is 0 Å². The molecule has 0 aliphatic carbocycles. The summed E-state index contributed by atoms with van der Waals surface area (Å²) in [7, 11) is 1.57. The zero-order chi connectivity index (χ0) is 20.1. The van der Waals surface area contributed by atoms with Crippen molar-refractivity contribution in [3.8, 4) is 5.75 Å². The Morgan fingerprint density at radius 3 is 2.38 bits per heavy atom. The van der Waals surface area contributed by atoms with Crippen LogP contribution in [0.25, 0.3) is 0 Å². The molecule has 4 rings (SSSR count). The molecule has 0 bridgehead atoms. The second kappa shape index (κ2) is 8.60. The summed E-state index contributed by atoms with van der Waals surface area (Å²) in [6.07, 6.45) is 1.63. The molecule has 7 nitrogen and oxygen atoms in total. The maximum atomic E-state index is 12.7. The Balaban J connectivity index is 1.43. The van der Waals surface area contributed by atoms with Crippen LogP contribution in [0, 0.1) is 0 Å². The molecule has 2 heterocycles. The van der Waals surface area contributed by atoms with Gasteiger partial charge < -0.3 is 19.9 Å². The van der Waals surface area contributed by atoms with E-state index in [1.54, 1.807) is 31.5 Å². The molecule has 0 atom stereocenters. The first-order chi connectivity index (χ1) is 14.2. The van der Waals surface area contributed by atoms with Gasteiger partial charge in [0.2, 0.25) is 5.95 Å². The molecule has 1 N–H and O–H groups in total. The van der Waals surface area contributed by atoms with Crippen molar-refractivity contribution in [2.24, 2.45) is 0 Å². The molecule has 1 aromatic heterocycles. The highest BCUT2D eigenvalue weighted by molar-refractivity contribution is 6.03. The summed E-state index contributed by atoms with van der Waals surface area (Å²) >= 11 is 0. The van der Waals surface area contributed by atoms with E-state index >= 15 is 0 Å². The number of aromatic nitrogens is 2. The zero-order valence-electron chi connectivity index (χ0n) is 16.3. The second-order valence-corrected chi connectivity index (χ2v) is 6.71. The number of hydrogen-bond acceptors (Lipinski definition) is 6. The predicted octanol–water partition coefficient (Wildman–Crippen LogP) is 3.06. The monoisotopic (exact) mass is 389 g/mol. The predicted molar refractivity (Wildman–Crippen MR) is 114 cm³/mol. The third-order valence-electron chi connectivity index (χ3n) is 4.91. The van der Waals surface area contributed by atoms with Gasteiger partial charge in [0, 0.05) is 38.1 Å². The third kappa shape index (κ3) is 4.29. The van der Waals surface area contributed by atoms with Crippen LogP contribution in [0.1, 0.15) is 10.5 Å². The fraction of sp³-hybridized carbons (Fsp3) is 0.227. The molecule has 1 saturated heterocycles. The number of nitrogens with one attached hydrogen (secondary N) is 1. The van der Waals surface area contributed by atoms with Crippen LogP contribution < -0.4 is 19.9 Å². The number of methoxy groups -OCH3 is 1. The highest BCUT2D eigenvalue weighted by atomic mass is 16.5. The number of hydrogen-bond donors (Lipinski definition) is 1. The highest BCUT2D eigenvalue weighted by Crippen LogP contribution is 2.24. The third-order valence-corrected chi connectivity index (χ3v) is 4.91. The van der Waals surface area contributed by atoms with E-state index in [2.05, 4.69) is 49.4 Å². The van der Waals surface area contributed by atoms with Crippen LogP contribution in [0.4, 0.5) is 17.3 Å². The Morgan fingerprint density at radius 1 is 0.931 bits per heavy atom. The van der Waals surface area contributed by atoms with Crippen LogP contribution in [-0.4, -0.2) is 49.2 Å². The SMILES string of the molecule is COc1ccccc1NC(=O)c1ccnc(N2CCN(c3ccccc3)CC2)n1. The largest absolute Gasteiger partial charge is 0.495 e. The molecular weight excluding hydrogens is 366 g/mol. The molecular formula is C22H23N5O2. The Bertz CT molecular complexity index is 972. The molecule has 0 spiro atoms. The summed E-state index contributed by atoms with van der Waals surface area (Å²) in [6.45, 7) is 3.36. The van der Waals surface area contributed by atoms with Gasteiger partial charge in [-0.15, -0.1) is 0 Å². The van der Waals surface area contributed by atoms with Crippen molar-refractivity contribution in [3.63, 3.8) is 0 Å². The van der Waals surface area contributed by atoms with Gasteiger partial charge in [0.05, 0.1) is 12.8 Å². The number of carbonyl (C=O) groups is 1. The van der Waals surface area contributed by atoms with Gasteiger partial charge in [-0.25, -0.2) is 9.97 Å². The van der Waals surface area contributed by atoms with Crippen LogP contribution in [0.3, 0.4) is 0 Å². The first-order valence-electron chi connectivity index (χ1n) is 9.57. The van der Waals surface area contributed by atoms with Gasteiger partial charge in [-0.2, -0.15) is 0 Å². The molecule has 148 valence electrons. The molecule has 2 aromatic carbocycles. The molecule has 1 aliphatic rings. The number of benzene rings is 2. The molecule has 0 saturated carbocycles. The Kier molecular flexibility index (Phi) is 5.56. The van der Waals surface area contributed by atoms with Gasteiger partial charge >= 0.3 is 0 Å². The summed E-state index contributed by atoms with van der Waals surface area (Å²) in [5, 5.41) is 2.86. The number of para-hydroxylation sites is 3. The lowest BCUT2D eigenvalue weighted by molar-refractivity contribution is 0.102. The quantitative estimate of drug-likeness (QED) is 0.723. The number of nitrogens with zero attached hydrogens (tertiary/aromatic N) is 4. The van der Waals surface area contributed by atoms with E-state index in [0.717, 1.165) is 26.2 Å². The lowest BCUT2D eigenvalue weighted by atomic mass is 10.2. The Morgan fingerprint density at radius 2 is 1.62 bits per heavy atom. The van der Waals surface area contributed by atoms with Gasteiger partial charge in [0.25, 0.3) is 5.91 Å². The Labute approximate surface area is 170 Å². The van der Waals surface area contributed by atoms with E-state index in [1.807, 2.05) is 18.2 Å². The highest BCUT2D eigenvalue weighted by Gasteiger charge is 2.20. The smallest absolute Gasteiger partial charge is 0.274 e. The van der Waals surface area contributed by atoms with Crippen molar-refractivity contribution < 1.29 is 9.53 Å². The summed E-state index contributed by atoms with van der Waals surface area (Å²) < 4.78 is 5.29. The van der Waals surface area contributed by atoms with E-state index < -0.39 is 0 Å². The van der Waals surface area contributed by atoms with Crippen molar-refractivity contribution in [2.75, 3.05) is 48.4 Å². The maximum Gasteiger partial charge on any atom is 0.274 e. The van der Waals surface area contributed by atoms with Crippen LogP contribution in [0.2, 0.25) is 0 Å². The van der Waals surface area contributed by atoms with Gasteiger partial charge in [-0.05, 0) is 30.3 Å². The molecule has 0 radical (unpaired) electrons. The number of rotatable bonds is 5.